The molecule has 0 saturated carbocycles. The van der Waals surface area contributed by atoms with Gasteiger partial charge in [-0.05, 0) is 6.07 Å². The SMILES string of the molecule is O=[N+]([O-])c1ccc(N2CCNCC2)c(C(F)(F)F)c1. The highest BCUT2D eigenvalue weighted by Crippen LogP contribution is 2.38. The van der Waals surface area contributed by atoms with Crippen LogP contribution >= 0.6 is 0 Å². The van der Waals surface area contributed by atoms with Gasteiger partial charge in [0.25, 0.3) is 5.69 Å². The van der Waals surface area contributed by atoms with Crippen molar-refractivity contribution in [3.63, 3.8) is 0 Å². The molecule has 0 spiro atoms. The number of hydrogen-bond donors (Lipinski definition) is 1. The number of non-ortho nitro benzene ring substituents is 1. The van der Waals surface area contributed by atoms with Crippen LogP contribution in [0.3, 0.4) is 0 Å². The monoisotopic (exact) mass is 275 g/mol. The van der Waals surface area contributed by atoms with E-state index in [1.165, 1.54) is 6.07 Å². The summed E-state index contributed by atoms with van der Waals surface area (Å²) in [4.78, 5) is 11.3. The molecule has 1 N–H and O–H groups in total. The van der Waals surface area contributed by atoms with Gasteiger partial charge in [0.15, 0.2) is 0 Å². The molecule has 0 unspecified atom stereocenters. The molecule has 0 atom stereocenters. The van der Waals surface area contributed by atoms with E-state index in [-0.39, 0.29) is 5.69 Å². The highest BCUT2D eigenvalue weighted by Gasteiger charge is 2.36. The van der Waals surface area contributed by atoms with Gasteiger partial charge < -0.3 is 10.2 Å². The van der Waals surface area contributed by atoms with Crippen LogP contribution in [0.5, 0.6) is 0 Å². The van der Waals surface area contributed by atoms with E-state index in [0.717, 1.165) is 6.07 Å². The minimum absolute atomic E-state index is 0.000370. The van der Waals surface area contributed by atoms with Crippen LogP contribution in [0, 0.1) is 10.1 Å². The van der Waals surface area contributed by atoms with Gasteiger partial charge in [-0.2, -0.15) is 13.2 Å². The summed E-state index contributed by atoms with van der Waals surface area (Å²) in [6, 6.07) is 2.87. The van der Waals surface area contributed by atoms with Crippen LogP contribution in [0.15, 0.2) is 18.2 Å². The lowest BCUT2D eigenvalue weighted by molar-refractivity contribution is -0.385. The number of nitro benzene ring substituents is 1. The predicted molar refractivity (Wildman–Crippen MR) is 63.2 cm³/mol. The number of piperazine rings is 1. The molecule has 0 amide bonds. The summed E-state index contributed by atoms with van der Waals surface area (Å²) >= 11 is 0. The zero-order valence-electron chi connectivity index (χ0n) is 9.91. The normalized spacial score (nSPS) is 16.5. The Morgan fingerprint density at radius 3 is 2.42 bits per heavy atom. The summed E-state index contributed by atoms with van der Waals surface area (Å²) in [5, 5.41) is 13.6. The van der Waals surface area contributed by atoms with Crippen molar-refractivity contribution in [3.8, 4) is 0 Å². The van der Waals surface area contributed by atoms with Crippen molar-refractivity contribution in [1.82, 2.24) is 5.32 Å². The molecule has 2 rings (SSSR count). The topological polar surface area (TPSA) is 58.4 Å². The van der Waals surface area contributed by atoms with Crippen LogP contribution in [0.2, 0.25) is 0 Å². The summed E-state index contributed by atoms with van der Waals surface area (Å²) in [6.45, 7) is 2.07. The van der Waals surface area contributed by atoms with Crippen LogP contribution in [-0.4, -0.2) is 31.1 Å². The fourth-order valence-corrected chi connectivity index (χ4v) is 2.05. The second-order valence-corrected chi connectivity index (χ2v) is 4.19. The third kappa shape index (κ3) is 2.95. The number of anilines is 1. The number of alkyl halides is 3. The Morgan fingerprint density at radius 1 is 1.26 bits per heavy atom. The molecule has 1 saturated heterocycles. The Hall–Kier alpha value is -1.83. The number of hydrogen-bond acceptors (Lipinski definition) is 4. The van der Waals surface area contributed by atoms with Crippen LogP contribution in [0.25, 0.3) is 0 Å². The molecule has 19 heavy (non-hydrogen) atoms. The molecule has 1 aromatic rings. The van der Waals surface area contributed by atoms with E-state index < -0.39 is 22.4 Å². The first kappa shape index (κ1) is 13.6. The molecular formula is C11H12F3N3O2. The Balaban J connectivity index is 2.44. The van der Waals surface area contributed by atoms with E-state index >= 15 is 0 Å². The molecule has 1 aliphatic rings. The zero-order chi connectivity index (χ0) is 14.0. The summed E-state index contributed by atoms with van der Waals surface area (Å²) in [5.74, 6) is 0. The second-order valence-electron chi connectivity index (χ2n) is 4.19. The van der Waals surface area contributed by atoms with Crippen LogP contribution in [-0.2, 0) is 6.18 Å². The van der Waals surface area contributed by atoms with E-state index in [1.807, 2.05) is 0 Å². The van der Waals surface area contributed by atoms with Gasteiger partial charge in [-0.25, -0.2) is 0 Å². The third-order valence-corrected chi connectivity index (χ3v) is 2.95. The lowest BCUT2D eigenvalue weighted by Crippen LogP contribution is -2.44. The van der Waals surface area contributed by atoms with Crippen LogP contribution in [0.4, 0.5) is 24.5 Å². The molecule has 1 aromatic carbocycles. The van der Waals surface area contributed by atoms with Gasteiger partial charge in [0, 0.05) is 44.0 Å². The van der Waals surface area contributed by atoms with Crippen molar-refractivity contribution < 1.29 is 18.1 Å². The van der Waals surface area contributed by atoms with E-state index in [1.54, 1.807) is 4.90 Å². The molecule has 1 aliphatic heterocycles. The molecule has 0 aromatic heterocycles. The molecule has 104 valence electrons. The van der Waals surface area contributed by atoms with Gasteiger partial charge in [-0.15, -0.1) is 0 Å². The maximum Gasteiger partial charge on any atom is 0.418 e. The van der Waals surface area contributed by atoms with Gasteiger partial charge in [0.2, 0.25) is 0 Å². The molecule has 0 aliphatic carbocycles. The number of nitrogens with one attached hydrogen (secondary N) is 1. The van der Waals surface area contributed by atoms with Gasteiger partial charge in [-0.3, -0.25) is 10.1 Å². The van der Waals surface area contributed by atoms with Gasteiger partial charge in [-0.1, -0.05) is 0 Å². The largest absolute Gasteiger partial charge is 0.418 e. The summed E-state index contributed by atoms with van der Waals surface area (Å²) in [7, 11) is 0. The molecule has 0 radical (unpaired) electrons. The number of rotatable bonds is 2. The van der Waals surface area contributed by atoms with Crippen molar-refractivity contribution in [1.29, 1.82) is 0 Å². The number of nitrogens with zero attached hydrogens (tertiary/aromatic N) is 2. The van der Waals surface area contributed by atoms with Gasteiger partial charge >= 0.3 is 6.18 Å². The van der Waals surface area contributed by atoms with Crippen LogP contribution in [0.1, 0.15) is 5.56 Å². The molecule has 0 bridgehead atoms. The van der Waals surface area contributed by atoms with Crippen molar-refractivity contribution in [2.75, 3.05) is 31.1 Å². The zero-order valence-corrected chi connectivity index (χ0v) is 9.91. The van der Waals surface area contributed by atoms with E-state index in [4.69, 9.17) is 0 Å². The Morgan fingerprint density at radius 2 is 1.89 bits per heavy atom. The first-order valence-corrected chi connectivity index (χ1v) is 5.71. The molecule has 1 fully saturated rings. The van der Waals surface area contributed by atoms with Crippen LogP contribution < -0.4 is 10.2 Å². The standard InChI is InChI=1S/C11H12F3N3O2/c12-11(13,14)9-7-8(17(18)19)1-2-10(9)16-5-3-15-4-6-16/h1-2,7,15H,3-6H2. The van der Waals surface area contributed by atoms with E-state index in [2.05, 4.69) is 5.32 Å². The lowest BCUT2D eigenvalue weighted by atomic mass is 10.1. The molecule has 1 heterocycles. The molecular weight excluding hydrogens is 263 g/mol. The maximum absolute atomic E-state index is 13.0. The highest BCUT2D eigenvalue weighted by molar-refractivity contribution is 5.59. The first-order chi connectivity index (χ1) is 8.89. The van der Waals surface area contributed by atoms with Crippen molar-refractivity contribution in [2.45, 2.75) is 6.18 Å². The second kappa shape index (κ2) is 5.04. The van der Waals surface area contributed by atoms with Crippen molar-refractivity contribution >= 4 is 11.4 Å². The minimum Gasteiger partial charge on any atom is -0.368 e. The molecule has 5 nitrogen and oxygen atoms in total. The average molecular weight is 275 g/mol. The molecule has 8 heteroatoms. The van der Waals surface area contributed by atoms with Gasteiger partial charge in [0.05, 0.1) is 10.5 Å². The number of benzene rings is 1. The fourth-order valence-electron chi connectivity index (χ4n) is 2.05. The summed E-state index contributed by atoms with van der Waals surface area (Å²) < 4.78 is 38.9. The van der Waals surface area contributed by atoms with Crippen molar-refractivity contribution in [2.24, 2.45) is 0 Å². The van der Waals surface area contributed by atoms with Crippen molar-refractivity contribution in [3.05, 3.63) is 33.9 Å². The average Bonchev–Trinajstić information content (AvgIpc) is 2.38. The highest BCUT2D eigenvalue weighted by atomic mass is 19.4. The Kier molecular flexibility index (Phi) is 3.61. The minimum atomic E-state index is -4.60. The predicted octanol–water partition coefficient (Wildman–Crippen LogP) is 2.02. The Labute approximate surface area is 107 Å². The number of halogens is 3. The smallest absolute Gasteiger partial charge is 0.368 e. The quantitative estimate of drug-likeness (QED) is 0.662. The maximum atomic E-state index is 13.0. The summed E-state index contributed by atoms with van der Waals surface area (Å²) in [6.07, 6.45) is -4.60. The summed E-state index contributed by atoms with van der Waals surface area (Å²) in [5.41, 5.74) is -1.51. The third-order valence-electron chi connectivity index (χ3n) is 2.95. The van der Waals surface area contributed by atoms with E-state index in [9.17, 15) is 23.3 Å². The Bertz CT molecular complexity index is 485. The number of nitro groups is 1. The van der Waals surface area contributed by atoms with Gasteiger partial charge in [0.1, 0.15) is 0 Å². The first-order valence-electron chi connectivity index (χ1n) is 5.71. The van der Waals surface area contributed by atoms with E-state index in [0.29, 0.717) is 32.2 Å². The lowest BCUT2D eigenvalue weighted by Gasteiger charge is -2.31. The fraction of sp³-hybridized carbons (Fsp3) is 0.455.